The summed E-state index contributed by atoms with van der Waals surface area (Å²) in [7, 11) is -4.17. The molecule has 0 aliphatic heterocycles. The maximum Gasteiger partial charge on any atom is 0.193 e. The Bertz CT molecular complexity index is 689. The largest absolute Gasteiger partial charge is 0.255 e. The Balaban J connectivity index is 2.35. The number of aromatic nitrogens is 2. The van der Waals surface area contributed by atoms with E-state index in [2.05, 4.69) is 79.7 Å². The van der Waals surface area contributed by atoms with Gasteiger partial charge >= 0.3 is 0 Å². The SMILES string of the molecule is CC(C)[Si](Cl)(c1ccc(-c2ccc([Si](Cl)(C(C)C)C(C)C)cn2)nc1)C(C)C. The molecular formula is C22H34Cl2N2Si2. The first-order valence-electron chi connectivity index (χ1n) is 10.3. The van der Waals surface area contributed by atoms with Crippen LogP contribution in [0.2, 0.25) is 22.2 Å². The Kier molecular flexibility index (Phi) is 7.57. The smallest absolute Gasteiger partial charge is 0.193 e. The van der Waals surface area contributed by atoms with E-state index in [4.69, 9.17) is 32.1 Å². The third-order valence-corrected chi connectivity index (χ3v) is 21.7. The van der Waals surface area contributed by atoms with Gasteiger partial charge in [-0.05, 0) is 44.7 Å². The first-order valence-corrected chi connectivity index (χ1v) is 16.6. The predicted octanol–water partition coefficient (Wildman–Crippen LogP) is 6.57. The molecule has 2 rings (SSSR count). The maximum atomic E-state index is 7.14. The van der Waals surface area contributed by atoms with E-state index < -0.39 is 14.8 Å². The molecule has 0 saturated heterocycles. The van der Waals surface area contributed by atoms with Crippen molar-refractivity contribution in [3.8, 4) is 11.4 Å². The van der Waals surface area contributed by atoms with Gasteiger partial charge in [-0.1, -0.05) is 67.5 Å². The first-order chi connectivity index (χ1) is 13.0. The number of pyridine rings is 2. The van der Waals surface area contributed by atoms with E-state index in [-0.39, 0.29) is 0 Å². The average Bonchev–Trinajstić information content (AvgIpc) is 2.66. The van der Waals surface area contributed by atoms with Gasteiger partial charge in [0.2, 0.25) is 0 Å². The van der Waals surface area contributed by atoms with Crippen molar-refractivity contribution in [3.05, 3.63) is 36.7 Å². The molecule has 2 aromatic heterocycles. The van der Waals surface area contributed by atoms with Crippen molar-refractivity contribution in [1.82, 2.24) is 9.97 Å². The Morgan fingerprint density at radius 1 is 0.571 bits per heavy atom. The fourth-order valence-electron chi connectivity index (χ4n) is 4.21. The highest BCUT2D eigenvalue weighted by Crippen LogP contribution is 2.36. The summed E-state index contributed by atoms with van der Waals surface area (Å²) in [5.41, 5.74) is 3.57. The molecule has 0 unspecified atom stereocenters. The molecule has 0 radical (unpaired) electrons. The van der Waals surface area contributed by atoms with E-state index in [1.165, 1.54) is 10.4 Å². The zero-order chi connectivity index (χ0) is 21.3. The van der Waals surface area contributed by atoms with Gasteiger partial charge in [-0.15, -0.1) is 0 Å². The van der Waals surface area contributed by atoms with Crippen molar-refractivity contribution in [2.75, 3.05) is 0 Å². The predicted molar refractivity (Wildman–Crippen MR) is 130 cm³/mol. The molecule has 0 aromatic carbocycles. The van der Waals surface area contributed by atoms with Crippen LogP contribution in [0.3, 0.4) is 0 Å². The second-order valence-electron chi connectivity index (χ2n) is 9.02. The van der Waals surface area contributed by atoms with Crippen molar-refractivity contribution in [2.24, 2.45) is 0 Å². The van der Waals surface area contributed by atoms with Crippen LogP contribution >= 0.6 is 22.2 Å². The van der Waals surface area contributed by atoms with Crippen LogP contribution in [-0.4, -0.2) is 24.7 Å². The van der Waals surface area contributed by atoms with Crippen LogP contribution in [0.4, 0.5) is 0 Å². The first kappa shape index (κ1) is 23.6. The molecule has 2 aromatic rings. The summed E-state index contributed by atoms with van der Waals surface area (Å²) >= 11 is 14.3. The second kappa shape index (κ2) is 8.99. The summed E-state index contributed by atoms with van der Waals surface area (Å²) < 4.78 is 0. The molecule has 6 heteroatoms. The van der Waals surface area contributed by atoms with E-state index in [0.29, 0.717) is 22.2 Å². The highest BCUT2D eigenvalue weighted by Gasteiger charge is 2.41. The number of hydrogen-bond donors (Lipinski definition) is 0. The van der Waals surface area contributed by atoms with Crippen LogP contribution in [0.15, 0.2) is 36.7 Å². The standard InChI is InChI=1S/C22H34Cl2N2Si2/c1-15(2)27(23,16(3)4)19-9-11-21(25-13-19)22-12-10-20(14-26-22)28(24,17(5)6)18(7)8/h9-18H,1-8H3. The van der Waals surface area contributed by atoms with Crippen molar-refractivity contribution in [3.63, 3.8) is 0 Å². The summed E-state index contributed by atoms with van der Waals surface area (Å²) in [6, 6.07) is 8.42. The summed E-state index contributed by atoms with van der Waals surface area (Å²) in [4.78, 5) is 9.42. The molecule has 0 fully saturated rings. The topological polar surface area (TPSA) is 25.8 Å². The minimum absolute atomic E-state index is 0.452. The Morgan fingerprint density at radius 2 is 0.857 bits per heavy atom. The van der Waals surface area contributed by atoms with Gasteiger partial charge in [-0.2, -0.15) is 22.2 Å². The summed E-state index contributed by atoms with van der Waals surface area (Å²) in [6.07, 6.45) is 3.93. The van der Waals surface area contributed by atoms with E-state index in [1.807, 2.05) is 12.4 Å². The highest BCUT2D eigenvalue weighted by atomic mass is 35.6. The Morgan fingerprint density at radius 3 is 1.04 bits per heavy atom. The average molecular weight is 454 g/mol. The van der Waals surface area contributed by atoms with E-state index >= 15 is 0 Å². The lowest BCUT2D eigenvalue weighted by atomic mass is 10.2. The van der Waals surface area contributed by atoms with E-state index in [1.54, 1.807) is 0 Å². The quantitative estimate of drug-likeness (QED) is 0.350. The van der Waals surface area contributed by atoms with E-state index in [0.717, 1.165) is 11.4 Å². The third kappa shape index (κ3) is 4.25. The van der Waals surface area contributed by atoms with Crippen molar-refractivity contribution >= 4 is 47.3 Å². The van der Waals surface area contributed by atoms with Crippen LogP contribution in [0.25, 0.3) is 11.4 Å². The molecule has 0 aliphatic rings. The van der Waals surface area contributed by atoms with Crippen LogP contribution in [0.1, 0.15) is 55.4 Å². The number of rotatable bonds is 7. The van der Waals surface area contributed by atoms with Gasteiger partial charge in [0, 0.05) is 12.4 Å². The fraction of sp³-hybridized carbons (Fsp3) is 0.545. The third-order valence-electron chi connectivity index (χ3n) is 6.04. The lowest BCUT2D eigenvalue weighted by molar-refractivity contribution is 0.938. The van der Waals surface area contributed by atoms with Crippen LogP contribution in [0, 0.1) is 0 Å². The Labute approximate surface area is 182 Å². The van der Waals surface area contributed by atoms with Crippen molar-refractivity contribution < 1.29 is 0 Å². The van der Waals surface area contributed by atoms with Crippen molar-refractivity contribution in [1.29, 1.82) is 0 Å². The van der Waals surface area contributed by atoms with Gasteiger partial charge in [0.05, 0.1) is 11.4 Å². The maximum absolute atomic E-state index is 7.14. The zero-order valence-corrected chi connectivity index (χ0v) is 21.9. The van der Waals surface area contributed by atoms with Gasteiger partial charge in [0.15, 0.2) is 14.8 Å². The molecule has 2 heterocycles. The lowest BCUT2D eigenvalue weighted by Gasteiger charge is -2.33. The molecule has 2 nitrogen and oxygen atoms in total. The molecule has 0 amide bonds. The minimum Gasteiger partial charge on any atom is -0.255 e. The molecule has 0 aliphatic carbocycles. The van der Waals surface area contributed by atoms with Gasteiger partial charge in [-0.3, -0.25) is 9.97 Å². The van der Waals surface area contributed by atoms with Crippen LogP contribution < -0.4 is 10.4 Å². The van der Waals surface area contributed by atoms with Gasteiger partial charge < -0.3 is 0 Å². The number of halogens is 2. The van der Waals surface area contributed by atoms with E-state index in [9.17, 15) is 0 Å². The molecule has 28 heavy (non-hydrogen) atoms. The van der Waals surface area contributed by atoms with Crippen LogP contribution in [-0.2, 0) is 0 Å². The van der Waals surface area contributed by atoms with Crippen LogP contribution in [0.5, 0.6) is 0 Å². The molecule has 0 atom stereocenters. The van der Waals surface area contributed by atoms with Gasteiger partial charge in [0.1, 0.15) is 0 Å². The second-order valence-corrected chi connectivity index (χ2v) is 21.6. The number of hydrogen-bond acceptors (Lipinski definition) is 2. The Hall–Kier alpha value is -0.686. The lowest BCUT2D eigenvalue weighted by Crippen LogP contribution is -2.48. The normalized spacial score (nSPS) is 13.2. The summed E-state index contributed by atoms with van der Waals surface area (Å²) in [6.45, 7) is 17.8. The van der Waals surface area contributed by atoms with Gasteiger partial charge in [-0.25, -0.2) is 0 Å². The number of nitrogens with zero attached hydrogens (tertiary/aromatic N) is 2. The molecule has 0 spiro atoms. The molecule has 0 saturated carbocycles. The minimum atomic E-state index is -2.09. The fourth-order valence-corrected chi connectivity index (χ4v) is 11.4. The molecular weight excluding hydrogens is 419 g/mol. The van der Waals surface area contributed by atoms with Crippen molar-refractivity contribution in [2.45, 2.75) is 77.6 Å². The highest BCUT2D eigenvalue weighted by molar-refractivity contribution is 7.29. The van der Waals surface area contributed by atoms with Gasteiger partial charge in [0.25, 0.3) is 0 Å². The molecule has 154 valence electrons. The molecule has 0 N–H and O–H groups in total. The summed E-state index contributed by atoms with van der Waals surface area (Å²) in [5, 5.41) is 2.40. The molecule has 0 bridgehead atoms. The zero-order valence-electron chi connectivity index (χ0n) is 18.4. The monoisotopic (exact) mass is 452 g/mol. The summed E-state index contributed by atoms with van der Waals surface area (Å²) in [5.74, 6) is 0.